The van der Waals surface area contributed by atoms with E-state index in [4.69, 9.17) is 5.26 Å². The van der Waals surface area contributed by atoms with Crippen molar-refractivity contribution in [2.24, 2.45) is 0 Å². The van der Waals surface area contributed by atoms with Gasteiger partial charge in [0.05, 0.1) is 5.69 Å². The molecule has 0 aliphatic carbocycles. The molecule has 1 heterocycles. The summed E-state index contributed by atoms with van der Waals surface area (Å²) in [4.78, 5) is 14.5. The summed E-state index contributed by atoms with van der Waals surface area (Å²) in [5, 5.41) is 8.86. The zero-order valence-electron chi connectivity index (χ0n) is 12.2. The molecule has 102 valence electrons. The fourth-order valence-electron chi connectivity index (χ4n) is 2.15. The Bertz CT molecular complexity index is 726. The predicted octanol–water partition coefficient (Wildman–Crippen LogP) is 3.52. The molecule has 1 aromatic heterocycles. The Morgan fingerprint density at radius 2 is 1.75 bits per heavy atom. The summed E-state index contributed by atoms with van der Waals surface area (Å²) in [6.45, 7) is 8.38. The van der Waals surface area contributed by atoms with E-state index in [1.165, 1.54) is 5.56 Å². The lowest BCUT2D eigenvalue weighted by Crippen LogP contribution is -2.12. The van der Waals surface area contributed by atoms with Gasteiger partial charge in [0, 0.05) is 0 Å². The maximum Gasteiger partial charge on any atom is 0.266 e. The second-order valence-corrected chi connectivity index (χ2v) is 6.01. The number of aromatic amines is 1. The average Bonchev–Trinajstić information content (AvgIpc) is 2.40. The molecule has 2 rings (SSSR count). The molecule has 1 N–H and O–H groups in total. The number of nitrogens with one attached hydrogen (secondary N) is 1. The van der Waals surface area contributed by atoms with Gasteiger partial charge in [0.15, 0.2) is 0 Å². The van der Waals surface area contributed by atoms with Crippen LogP contribution in [0.25, 0.3) is 11.3 Å². The van der Waals surface area contributed by atoms with E-state index in [-0.39, 0.29) is 16.5 Å². The lowest BCUT2D eigenvalue weighted by atomic mass is 9.86. The zero-order chi connectivity index (χ0) is 14.9. The van der Waals surface area contributed by atoms with Gasteiger partial charge in [-0.15, -0.1) is 0 Å². The van der Waals surface area contributed by atoms with Crippen molar-refractivity contribution in [3.8, 4) is 17.3 Å². The molecule has 0 aliphatic heterocycles. The molecule has 0 radical (unpaired) electrons. The molecule has 0 aliphatic rings. The Morgan fingerprint density at radius 3 is 2.25 bits per heavy atom. The van der Waals surface area contributed by atoms with Crippen molar-refractivity contribution >= 4 is 0 Å². The van der Waals surface area contributed by atoms with Gasteiger partial charge in [-0.1, -0.05) is 45.0 Å². The highest BCUT2D eigenvalue weighted by Crippen LogP contribution is 2.26. The SMILES string of the molecule is Cc1cc(C#N)c(=O)[nH]c1-c1ccc(C(C)(C)C)cc1. The van der Waals surface area contributed by atoms with Gasteiger partial charge in [0.1, 0.15) is 11.6 Å². The number of aromatic nitrogens is 1. The van der Waals surface area contributed by atoms with Crippen LogP contribution >= 0.6 is 0 Å². The van der Waals surface area contributed by atoms with Crippen LogP contribution in [-0.2, 0) is 5.41 Å². The second-order valence-electron chi connectivity index (χ2n) is 6.01. The number of benzene rings is 1. The van der Waals surface area contributed by atoms with E-state index in [0.29, 0.717) is 0 Å². The molecule has 0 atom stereocenters. The molecule has 2 aromatic rings. The molecule has 3 nitrogen and oxygen atoms in total. The first-order chi connectivity index (χ1) is 9.32. The lowest BCUT2D eigenvalue weighted by Gasteiger charge is -2.19. The molecule has 1 aromatic carbocycles. The van der Waals surface area contributed by atoms with Crippen molar-refractivity contribution < 1.29 is 0 Å². The minimum atomic E-state index is -0.340. The Balaban J connectivity index is 2.51. The van der Waals surface area contributed by atoms with E-state index in [9.17, 15) is 4.79 Å². The molecule has 0 saturated heterocycles. The first-order valence-corrected chi connectivity index (χ1v) is 6.58. The van der Waals surface area contributed by atoms with Gasteiger partial charge in [-0.2, -0.15) is 5.26 Å². The van der Waals surface area contributed by atoms with Gasteiger partial charge in [0.25, 0.3) is 5.56 Å². The monoisotopic (exact) mass is 266 g/mol. The molecular formula is C17H18N2O. The Kier molecular flexibility index (Phi) is 3.50. The van der Waals surface area contributed by atoms with Crippen molar-refractivity contribution in [3.63, 3.8) is 0 Å². The van der Waals surface area contributed by atoms with Crippen molar-refractivity contribution in [2.75, 3.05) is 0 Å². The second kappa shape index (κ2) is 4.97. The topological polar surface area (TPSA) is 56.6 Å². The Morgan fingerprint density at radius 1 is 1.15 bits per heavy atom. The first kappa shape index (κ1) is 14.1. The van der Waals surface area contributed by atoms with Crippen molar-refractivity contribution in [2.45, 2.75) is 33.1 Å². The van der Waals surface area contributed by atoms with Crippen LogP contribution in [0.15, 0.2) is 35.1 Å². The molecule has 0 saturated carbocycles. The minimum Gasteiger partial charge on any atom is -0.321 e. The first-order valence-electron chi connectivity index (χ1n) is 6.58. The quantitative estimate of drug-likeness (QED) is 0.858. The minimum absolute atomic E-state index is 0.103. The molecule has 0 unspecified atom stereocenters. The van der Waals surface area contributed by atoms with Gasteiger partial charge in [0.2, 0.25) is 0 Å². The summed E-state index contributed by atoms with van der Waals surface area (Å²) in [6.07, 6.45) is 0. The molecular weight excluding hydrogens is 248 g/mol. The number of hydrogen-bond acceptors (Lipinski definition) is 2. The van der Waals surface area contributed by atoms with E-state index < -0.39 is 0 Å². The average molecular weight is 266 g/mol. The summed E-state index contributed by atoms with van der Waals surface area (Å²) in [6, 6.07) is 11.7. The molecule has 0 spiro atoms. The highest BCUT2D eigenvalue weighted by atomic mass is 16.1. The number of H-pyrrole nitrogens is 1. The molecule has 0 fully saturated rings. The van der Waals surface area contributed by atoms with E-state index in [1.54, 1.807) is 6.07 Å². The summed E-state index contributed by atoms with van der Waals surface area (Å²) in [5.74, 6) is 0. The van der Waals surface area contributed by atoms with Crippen LogP contribution in [0.5, 0.6) is 0 Å². The zero-order valence-corrected chi connectivity index (χ0v) is 12.2. The largest absolute Gasteiger partial charge is 0.321 e. The Hall–Kier alpha value is -2.34. The number of nitriles is 1. The van der Waals surface area contributed by atoms with Crippen LogP contribution in [0.1, 0.15) is 37.5 Å². The van der Waals surface area contributed by atoms with Crippen LogP contribution < -0.4 is 5.56 Å². The smallest absolute Gasteiger partial charge is 0.266 e. The fourth-order valence-corrected chi connectivity index (χ4v) is 2.15. The number of pyridine rings is 1. The van der Waals surface area contributed by atoms with Gasteiger partial charge < -0.3 is 4.98 Å². The molecule has 20 heavy (non-hydrogen) atoms. The fraction of sp³-hybridized carbons (Fsp3) is 0.294. The van der Waals surface area contributed by atoms with E-state index in [1.807, 2.05) is 25.1 Å². The maximum absolute atomic E-state index is 11.7. The number of nitrogens with zero attached hydrogens (tertiary/aromatic N) is 1. The number of hydrogen-bond donors (Lipinski definition) is 1. The van der Waals surface area contributed by atoms with Crippen LogP contribution in [0, 0.1) is 18.3 Å². The van der Waals surface area contributed by atoms with Gasteiger partial charge in [-0.05, 0) is 35.1 Å². The third-order valence-electron chi connectivity index (χ3n) is 3.40. The third-order valence-corrected chi connectivity index (χ3v) is 3.40. The van der Waals surface area contributed by atoms with Crippen LogP contribution in [0.2, 0.25) is 0 Å². The van der Waals surface area contributed by atoms with Crippen molar-refractivity contribution in [3.05, 3.63) is 57.4 Å². The standard InChI is InChI=1S/C17H18N2O/c1-11-9-13(10-18)16(20)19-15(11)12-5-7-14(8-6-12)17(2,3)4/h5-9H,1-4H3,(H,19,20). The Labute approximate surface area is 118 Å². The lowest BCUT2D eigenvalue weighted by molar-refractivity contribution is 0.590. The highest BCUT2D eigenvalue weighted by Gasteiger charge is 2.14. The number of aryl methyl sites for hydroxylation is 1. The van der Waals surface area contributed by atoms with E-state index in [0.717, 1.165) is 16.8 Å². The maximum atomic E-state index is 11.7. The summed E-state index contributed by atoms with van der Waals surface area (Å²) < 4.78 is 0. The van der Waals surface area contributed by atoms with Crippen LogP contribution in [0.4, 0.5) is 0 Å². The molecule has 3 heteroatoms. The summed E-state index contributed by atoms with van der Waals surface area (Å²) in [7, 11) is 0. The summed E-state index contributed by atoms with van der Waals surface area (Å²) >= 11 is 0. The molecule has 0 bridgehead atoms. The third kappa shape index (κ3) is 2.65. The highest BCUT2D eigenvalue weighted by molar-refractivity contribution is 5.64. The summed E-state index contributed by atoms with van der Waals surface area (Å²) in [5.41, 5.74) is 3.78. The van der Waals surface area contributed by atoms with E-state index in [2.05, 4.69) is 37.9 Å². The van der Waals surface area contributed by atoms with Gasteiger partial charge in [-0.25, -0.2) is 0 Å². The van der Waals surface area contributed by atoms with Gasteiger partial charge >= 0.3 is 0 Å². The van der Waals surface area contributed by atoms with Crippen molar-refractivity contribution in [1.29, 1.82) is 5.26 Å². The predicted molar refractivity (Wildman–Crippen MR) is 80.7 cm³/mol. The normalized spacial score (nSPS) is 11.2. The van der Waals surface area contributed by atoms with Crippen LogP contribution in [-0.4, -0.2) is 4.98 Å². The van der Waals surface area contributed by atoms with E-state index >= 15 is 0 Å². The molecule has 0 amide bonds. The van der Waals surface area contributed by atoms with Gasteiger partial charge in [-0.3, -0.25) is 4.79 Å². The number of rotatable bonds is 1. The van der Waals surface area contributed by atoms with Crippen molar-refractivity contribution in [1.82, 2.24) is 4.98 Å². The van der Waals surface area contributed by atoms with Crippen LogP contribution in [0.3, 0.4) is 0 Å².